The van der Waals surface area contributed by atoms with Crippen LogP contribution in [-0.2, 0) is 0 Å². The lowest BCUT2D eigenvalue weighted by molar-refractivity contribution is 0.118. The third-order valence-corrected chi connectivity index (χ3v) is 3.76. The van der Waals surface area contributed by atoms with Crippen LogP contribution in [0.3, 0.4) is 0 Å². The summed E-state index contributed by atoms with van der Waals surface area (Å²) in [5.41, 5.74) is 0. The molecule has 0 saturated carbocycles. The summed E-state index contributed by atoms with van der Waals surface area (Å²) in [6.07, 6.45) is 2.19. The number of ether oxygens (including phenoxy) is 2. The number of benzene rings is 1. The van der Waals surface area contributed by atoms with Gasteiger partial charge in [-0.05, 0) is 50.9 Å². The molecule has 0 aromatic heterocycles. The summed E-state index contributed by atoms with van der Waals surface area (Å²) < 4.78 is 11.2. The van der Waals surface area contributed by atoms with Crippen molar-refractivity contribution in [2.24, 2.45) is 5.92 Å². The summed E-state index contributed by atoms with van der Waals surface area (Å²) in [5, 5.41) is 9.12. The first-order valence-electron chi connectivity index (χ1n) is 7.50. The lowest BCUT2D eigenvalue weighted by Crippen LogP contribution is -2.37. The van der Waals surface area contributed by atoms with Crippen LogP contribution in [0.15, 0.2) is 24.3 Å². The van der Waals surface area contributed by atoms with Crippen molar-refractivity contribution in [2.45, 2.75) is 19.8 Å². The standard InChI is InChI=1S/C16H25NO3/c1-2-19-15-4-3-5-16(12-15)20-11-10-17-8-6-14(13-18)7-9-17/h3-5,12,14,18H,2,6-11,13H2,1H3. The zero-order chi connectivity index (χ0) is 14.2. The van der Waals surface area contributed by atoms with Crippen molar-refractivity contribution in [2.75, 3.05) is 39.5 Å². The Morgan fingerprint density at radius 1 is 1.20 bits per heavy atom. The second kappa shape index (κ2) is 8.12. The minimum Gasteiger partial charge on any atom is -0.494 e. The summed E-state index contributed by atoms with van der Waals surface area (Å²) in [7, 11) is 0. The first-order chi connectivity index (χ1) is 9.81. The summed E-state index contributed by atoms with van der Waals surface area (Å²) in [6, 6.07) is 7.78. The molecule has 1 heterocycles. The van der Waals surface area contributed by atoms with Crippen molar-refractivity contribution in [3.05, 3.63) is 24.3 Å². The van der Waals surface area contributed by atoms with Gasteiger partial charge in [-0.1, -0.05) is 6.07 Å². The van der Waals surface area contributed by atoms with Gasteiger partial charge in [0.15, 0.2) is 0 Å². The normalized spacial score (nSPS) is 17.1. The van der Waals surface area contributed by atoms with Crippen LogP contribution in [0.5, 0.6) is 11.5 Å². The van der Waals surface area contributed by atoms with Gasteiger partial charge in [0.05, 0.1) is 6.61 Å². The number of likely N-dealkylation sites (tertiary alicyclic amines) is 1. The molecule has 1 fully saturated rings. The van der Waals surface area contributed by atoms with E-state index in [1.165, 1.54) is 0 Å². The Labute approximate surface area is 121 Å². The maximum Gasteiger partial charge on any atom is 0.123 e. The summed E-state index contributed by atoms with van der Waals surface area (Å²) in [5.74, 6) is 2.21. The highest BCUT2D eigenvalue weighted by Gasteiger charge is 2.17. The number of piperidine rings is 1. The van der Waals surface area contributed by atoms with Crippen LogP contribution in [0.1, 0.15) is 19.8 Å². The number of rotatable bonds is 7. The van der Waals surface area contributed by atoms with Gasteiger partial charge in [0, 0.05) is 19.2 Å². The van der Waals surface area contributed by atoms with E-state index in [1.54, 1.807) is 0 Å². The van der Waals surface area contributed by atoms with Crippen molar-refractivity contribution < 1.29 is 14.6 Å². The number of hydrogen-bond acceptors (Lipinski definition) is 4. The van der Waals surface area contributed by atoms with E-state index < -0.39 is 0 Å². The third kappa shape index (κ3) is 4.69. The molecule has 0 radical (unpaired) electrons. The van der Waals surface area contributed by atoms with Gasteiger partial charge in [-0.25, -0.2) is 0 Å². The molecule has 4 heteroatoms. The van der Waals surface area contributed by atoms with Crippen LogP contribution in [0.25, 0.3) is 0 Å². The van der Waals surface area contributed by atoms with Gasteiger partial charge >= 0.3 is 0 Å². The molecule has 0 aliphatic carbocycles. The summed E-state index contributed by atoms with van der Waals surface area (Å²) in [4.78, 5) is 2.40. The third-order valence-electron chi connectivity index (χ3n) is 3.76. The Hall–Kier alpha value is -1.26. The Morgan fingerprint density at radius 2 is 1.90 bits per heavy atom. The Morgan fingerprint density at radius 3 is 2.55 bits per heavy atom. The Kier molecular flexibility index (Phi) is 6.15. The predicted molar refractivity (Wildman–Crippen MR) is 79.4 cm³/mol. The lowest BCUT2D eigenvalue weighted by atomic mass is 9.98. The van der Waals surface area contributed by atoms with Crippen LogP contribution >= 0.6 is 0 Å². The molecule has 0 spiro atoms. The molecule has 1 aliphatic heterocycles. The van der Waals surface area contributed by atoms with E-state index in [1.807, 2.05) is 31.2 Å². The molecule has 20 heavy (non-hydrogen) atoms. The number of aliphatic hydroxyl groups is 1. The van der Waals surface area contributed by atoms with Crippen LogP contribution in [0.4, 0.5) is 0 Å². The van der Waals surface area contributed by atoms with Crippen LogP contribution in [0, 0.1) is 5.92 Å². The second-order valence-corrected chi connectivity index (χ2v) is 5.22. The van der Waals surface area contributed by atoms with E-state index in [4.69, 9.17) is 14.6 Å². The first kappa shape index (κ1) is 15.1. The van der Waals surface area contributed by atoms with Gasteiger partial charge in [0.1, 0.15) is 18.1 Å². The van der Waals surface area contributed by atoms with Gasteiger partial charge in [0.2, 0.25) is 0 Å². The van der Waals surface area contributed by atoms with E-state index in [0.29, 0.717) is 25.7 Å². The Balaban J connectivity index is 1.69. The van der Waals surface area contributed by atoms with Crippen molar-refractivity contribution in [1.29, 1.82) is 0 Å². The molecule has 1 aliphatic rings. The number of nitrogens with zero attached hydrogens (tertiary/aromatic N) is 1. The van der Waals surface area contributed by atoms with Crippen molar-refractivity contribution in [3.63, 3.8) is 0 Å². The molecule has 1 aromatic rings. The fraction of sp³-hybridized carbons (Fsp3) is 0.625. The average molecular weight is 279 g/mol. The van der Waals surface area contributed by atoms with Crippen molar-refractivity contribution in [1.82, 2.24) is 4.90 Å². The molecule has 1 aromatic carbocycles. The smallest absolute Gasteiger partial charge is 0.123 e. The largest absolute Gasteiger partial charge is 0.494 e. The molecule has 0 bridgehead atoms. The fourth-order valence-corrected chi connectivity index (χ4v) is 2.51. The van der Waals surface area contributed by atoms with E-state index in [0.717, 1.165) is 44.0 Å². The maximum absolute atomic E-state index is 9.12. The molecule has 112 valence electrons. The van der Waals surface area contributed by atoms with E-state index in [2.05, 4.69) is 4.90 Å². The highest BCUT2D eigenvalue weighted by atomic mass is 16.5. The highest BCUT2D eigenvalue weighted by molar-refractivity contribution is 5.32. The van der Waals surface area contributed by atoms with Crippen molar-refractivity contribution >= 4 is 0 Å². The summed E-state index contributed by atoms with van der Waals surface area (Å²) >= 11 is 0. The van der Waals surface area contributed by atoms with Gasteiger partial charge in [0.25, 0.3) is 0 Å². The van der Waals surface area contributed by atoms with Gasteiger partial charge < -0.3 is 14.6 Å². The molecule has 0 atom stereocenters. The van der Waals surface area contributed by atoms with E-state index in [-0.39, 0.29) is 0 Å². The number of hydrogen-bond donors (Lipinski definition) is 1. The van der Waals surface area contributed by atoms with Gasteiger partial charge in [-0.15, -0.1) is 0 Å². The predicted octanol–water partition coefficient (Wildman–Crippen LogP) is 2.17. The van der Waals surface area contributed by atoms with Crippen molar-refractivity contribution in [3.8, 4) is 11.5 Å². The van der Waals surface area contributed by atoms with Gasteiger partial charge in [-0.2, -0.15) is 0 Å². The first-order valence-corrected chi connectivity index (χ1v) is 7.50. The minimum atomic E-state index is 0.328. The molecule has 0 amide bonds. The molecule has 4 nitrogen and oxygen atoms in total. The minimum absolute atomic E-state index is 0.328. The average Bonchev–Trinajstić information content (AvgIpc) is 2.49. The van der Waals surface area contributed by atoms with Crippen LogP contribution < -0.4 is 9.47 Å². The number of aliphatic hydroxyl groups excluding tert-OH is 1. The molecular formula is C16H25NO3. The maximum atomic E-state index is 9.12. The fourth-order valence-electron chi connectivity index (χ4n) is 2.51. The molecule has 2 rings (SSSR count). The van der Waals surface area contributed by atoms with E-state index >= 15 is 0 Å². The van der Waals surface area contributed by atoms with Crippen LogP contribution in [-0.4, -0.2) is 49.5 Å². The molecule has 0 unspecified atom stereocenters. The van der Waals surface area contributed by atoms with E-state index in [9.17, 15) is 0 Å². The monoisotopic (exact) mass is 279 g/mol. The zero-order valence-corrected chi connectivity index (χ0v) is 12.3. The molecule has 1 saturated heterocycles. The second-order valence-electron chi connectivity index (χ2n) is 5.22. The SMILES string of the molecule is CCOc1cccc(OCCN2CCC(CO)CC2)c1. The topological polar surface area (TPSA) is 41.9 Å². The Bertz CT molecular complexity index is 389. The van der Waals surface area contributed by atoms with Gasteiger partial charge in [-0.3, -0.25) is 4.90 Å². The quantitative estimate of drug-likeness (QED) is 0.830. The lowest BCUT2D eigenvalue weighted by Gasteiger charge is -2.30. The summed E-state index contributed by atoms with van der Waals surface area (Å²) in [6.45, 7) is 6.73. The van der Waals surface area contributed by atoms with Crippen LogP contribution in [0.2, 0.25) is 0 Å². The highest BCUT2D eigenvalue weighted by Crippen LogP contribution is 2.20. The molecule has 1 N–H and O–H groups in total. The zero-order valence-electron chi connectivity index (χ0n) is 12.3. The molecular weight excluding hydrogens is 254 g/mol.